The van der Waals surface area contributed by atoms with Gasteiger partial charge in [-0.2, -0.15) is 0 Å². The summed E-state index contributed by atoms with van der Waals surface area (Å²) in [6.45, 7) is 1.77. The number of aliphatic hydroxyl groups excluding tert-OH is 1. The third-order valence-corrected chi connectivity index (χ3v) is 7.36. The van der Waals surface area contributed by atoms with Crippen LogP contribution in [0.1, 0.15) is 36.4 Å². The SMILES string of the molecule is Cc1cn([C@H]2C[C@H](N=[N+]=[N-])[C@@H](COP(=O)(O)O[C@H]3C[C@H](n4cc(C)c(=O)[nH]c4=O)O[C@@H]3CO)O2)c(=O)[nH]c1=O. The lowest BCUT2D eigenvalue weighted by atomic mass is 10.1. The second-order valence-electron chi connectivity index (χ2n) is 9.05. The van der Waals surface area contributed by atoms with Gasteiger partial charge in [-0.15, -0.1) is 0 Å². The van der Waals surface area contributed by atoms with Gasteiger partial charge in [-0.1, -0.05) is 5.11 Å². The van der Waals surface area contributed by atoms with Gasteiger partial charge in [0.05, 0.1) is 25.4 Å². The molecule has 0 amide bonds. The summed E-state index contributed by atoms with van der Waals surface area (Å²) in [4.78, 5) is 65.1. The van der Waals surface area contributed by atoms with Crippen molar-refractivity contribution >= 4 is 7.82 Å². The van der Waals surface area contributed by atoms with Gasteiger partial charge in [0.1, 0.15) is 24.7 Å². The molecule has 212 valence electrons. The van der Waals surface area contributed by atoms with Crippen molar-refractivity contribution in [2.75, 3.05) is 13.2 Å². The lowest BCUT2D eigenvalue weighted by Crippen LogP contribution is -2.33. The minimum Gasteiger partial charge on any atom is -0.394 e. The molecule has 0 aromatic carbocycles. The van der Waals surface area contributed by atoms with E-state index < -0.39 is 80.3 Å². The standard InChI is InChI=1S/C20H26N7O11P/c1-9-5-26(19(31)22-17(9)29)15-3-11(24-25-21)14(37-15)8-35-39(33,34)38-12-4-16(36-13(12)7-28)27-6-10(2)18(30)23-20(27)32/h5-6,11-16,28H,3-4,7-8H2,1-2H3,(H,33,34)(H,22,29,31)(H,23,30,32)/t11-,12-,13+,14+,15+,16+/m0/s1. The molecule has 0 bridgehead atoms. The minimum absolute atomic E-state index is 0.0120. The molecule has 0 saturated carbocycles. The van der Waals surface area contributed by atoms with Crippen LogP contribution in [0.4, 0.5) is 0 Å². The number of hydrogen-bond donors (Lipinski definition) is 4. The van der Waals surface area contributed by atoms with Crippen LogP contribution in [0, 0.1) is 13.8 Å². The minimum atomic E-state index is -4.82. The molecule has 4 N–H and O–H groups in total. The lowest BCUT2D eigenvalue weighted by Gasteiger charge is -2.22. The molecule has 39 heavy (non-hydrogen) atoms. The van der Waals surface area contributed by atoms with Crippen LogP contribution in [0.3, 0.4) is 0 Å². The summed E-state index contributed by atoms with van der Waals surface area (Å²) in [5, 5.41) is 13.3. The van der Waals surface area contributed by atoms with Crippen molar-refractivity contribution in [1.82, 2.24) is 19.1 Å². The summed E-state index contributed by atoms with van der Waals surface area (Å²) >= 11 is 0. The van der Waals surface area contributed by atoms with Crippen LogP contribution in [0.25, 0.3) is 10.4 Å². The number of ether oxygens (including phenoxy) is 2. The van der Waals surface area contributed by atoms with E-state index in [0.29, 0.717) is 0 Å². The average Bonchev–Trinajstić information content (AvgIpc) is 3.46. The van der Waals surface area contributed by atoms with Gasteiger partial charge >= 0.3 is 19.2 Å². The molecule has 2 saturated heterocycles. The zero-order chi connectivity index (χ0) is 28.5. The van der Waals surface area contributed by atoms with E-state index >= 15 is 0 Å². The number of azide groups is 1. The molecule has 4 heterocycles. The van der Waals surface area contributed by atoms with E-state index in [1.807, 2.05) is 0 Å². The van der Waals surface area contributed by atoms with Crippen molar-refractivity contribution in [2.24, 2.45) is 5.11 Å². The van der Waals surface area contributed by atoms with Crippen molar-refractivity contribution in [3.05, 3.63) is 75.6 Å². The normalized spacial score (nSPS) is 28.2. The largest absolute Gasteiger partial charge is 0.472 e. The lowest BCUT2D eigenvalue weighted by molar-refractivity contribution is -0.0513. The molecule has 2 aliphatic heterocycles. The summed E-state index contributed by atoms with van der Waals surface area (Å²) in [5.41, 5.74) is 6.70. The maximum absolute atomic E-state index is 12.8. The highest BCUT2D eigenvalue weighted by atomic mass is 31.2. The first-order valence-corrected chi connectivity index (χ1v) is 13.2. The molecular weight excluding hydrogens is 545 g/mol. The highest BCUT2D eigenvalue weighted by molar-refractivity contribution is 7.47. The Kier molecular flexibility index (Phi) is 8.39. The number of aryl methyl sites for hydroxylation is 2. The zero-order valence-corrected chi connectivity index (χ0v) is 21.6. The Morgan fingerprint density at radius 2 is 1.59 bits per heavy atom. The molecule has 4 rings (SSSR count). The number of aromatic nitrogens is 4. The van der Waals surface area contributed by atoms with Gasteiger partial charge in [-0.25, -0.2) is 14.2 Å². The Morgan fingerprint density at radius 3 is 2.13 bits per heavy atom. The van der Waals surface area contributed by atoms with E-state index in [4.69, 9.17) is 24.1 Å². The fourth-order valence-corrected chi connectivity index (χ4v) is 5.30. The van der Waals surface area contributed by atoms with Gasteiger partial charge in [0.2, 0.25) is 0 Å². The molecule has 2 fully saturated rings. The number of aromatic amines is 2. The maximum Gasteiger partial charge on any atom is 0.472 e. The highest BCUT2D eigenvalue weighted by Crippen LogP contribution is 2.49. The fourth-order valence-electron chi connectivity index (χ4n) is 4.34. The smallest absolute Gasteiger partial charge is 0.394 e. The van der Waals surface area contributed by atoms with E-state index in [1.54, 1.807) is 0 Å². The number of hydrogen-bond acceptors (Lipinski definition) is 11. The van der Waals surface area contributed by atoms with Gasteiger partial charge in [0.25, 0.3) is 11.1 Å². The first kappa shape index (κ1) is 28.7. The van der Waals surface area contributed by atoms with Crippen LogP contribution >= 0.6 is 7.82 Å². The predicted octanol–water partition coefficient (Wildman–Crippen LogP) is -0.548. The first-order chi connectivity index (χ1) is 18.4. The molecule has 0 spiro atoms. The van der Waals surface area contributed by atoms with Crippen molar-refractivity contribution in [2.45, 2.75) is 63.5 Å². The molecule has 2 aromatic heterocycles. The molecule has 18 nitrogen and oxygen atoms in total. The van der Waals surface area contributed by atoms with Gasteiger partial charge in [0.15, 0.2) is 0 Å². The number of nitrogens with one attached hydrogen (secondary N) is 2. The first-order valence-electron chi connectivity index (χ1n) is 11.7. The van der Waals surface area contributed by atoms with Crippen molar-refractivity contribution in [3.63, 3.8) is 0 Å². The van der Waals surface area contributed by atoms with Crippen LogP contribution in [0.2, 0.25) is 0 Å². The predicted molar refractivity (Wildman–Crippen MR) is 130 cm³/mol. The van der Waals surface area contributed by atoms with Crippen molar-refractivity contribution in [3.8, 4) is 0 Å². The number of nitrogens with zero attached hydrogens (tertiary/aromatic N) is 5. The van der Waals surface area contributed by atoms with Gasteiger partial charge < -0.3 is 19.5 Å². The molecule has 0 radical (unpaired) electrons. The van der Waals surface area contributed by atoms with E-state index in [9.17, 15) is 33.7 Å². The quantitative estimate of drug-likeness (QED) is 0.129. The highest BCUT2D eigenvalue weighted by Gasteiger charge is 2.43. The van der Waals surface area contributed by atoms with Crippen LogP contribution in [-0.4, -0.2) is 66.7 Å². The summed E-state index contributed by atoms with van der Waals surface area (Å²) in [6.07, 6.45) is -2.89. The summed E-state index contributed by atoms with van der Waals surface area (Å²) in [5.74, 6) is 0. The molecule has 7 atom stereocenters. The van der Waals surface area contributed by atoms with Crippen molar-refractivity contribution < 1.29 is 33.1 Å². The molecular formula is C20H26N7O11P. The molecule has 2 aliphatic rings. The van der Waals surface area contributed by atoms with Crippen LogP contribution in [-0.2, 0) is 23.1 Å². The molecule has 19 heteroatoms. The number of phosphoric ester groups is 1. The molecule has 1 unspecified atom stereocenters. The summed E-state index contributed by atoms with van der Waals surface area (Å²) in [7, 11) is -4.82. The van der Waals surface area contributed by atoms with E-state index in [2.05, 4.69) is 20.0 Å². The number of phosphoric acid groups is 1. The van der Waals surface area contributed by atoms with Crippen LogP contribution in [0.15, 0.2) is 36.7 Å². The van der Waals surface area contributed by atoms with Gasteiger partial charge in [-0.3, -0.25) is 37.7 Å². The molecule has 2 aromatic rings. The second-order valence-corrected chi connectivity index (χ2v) is 10.5. The Bertz CT molecular complexity index is 1560. The van der Waals surface area contributed by atoms with E-state index in [0.717, 1.165) is 9.13 Å². The van der Waals surface area contributed by atoms with Crippen molar-refractivity contribution in [1.29, 1.82) is 0 Å². The Hall–Kier alpha value is -3.34. The number of aliphatic hydroxyl groups is 1. The van der Waals surface area contributed by atoms with E-state index in [1.165, 1.54) is 26.2 Å². The fraction of sp³-hybridized carbons (Fsp3) is 0.600. The average molecular weight is 571 g/mol. The third kappa shape index (κ3) is 6.29. The Labute approximate surface area is 218 Å². The zero-order valence-electron chi connectivity index (χ0n) is 20.7. The summed E-state index contributed by atoms with van der Waals surface area (Å²) < 4.78 is 36.6. The molecule has 0 aliphatic carbocycles. The second kappa shape index (κ2) is 11.4. The summed E-state index contributed by atoms with van der Waals surface area (Å²) in [6, 6.07) is -0.890. The van der Waals surface area contributed by atoms with Crippen LogP contribution < -0.4 is 22.5 Å². The Morgan fingerprint density at radius 1 is 1.05 bits per heavy atom. The van der Waals surface area contributed by atoms with Gasteiger partial charge in [-0.05, 0) is 19.4 Å². The monoisotopic (exact) mass is 571 g/mol. The Balaban J connectivity index is 1.44. The van der Waals surface area contributed by atoms with Gasteiger partial charge in [0, 0.05) is 41.3 Å². The number of H-pyrrole nitrogens is 2. The number of rotatable bonds is 9. The maximum atomic E-state index is 12.8. The topological polar surface area (TPSA) is 253 Å². The van der Waals surface area contributed by atoms with E-state index in [-0.39, 0.29) is 24.0 Å². The third-order valence-electron chi connectivity index (χ3n) is 6.35. The van der Waals surface area contributed by atoms with Crippen LogP contribution in [0.5, 0.6) is 0 Å².